The molecule has 1 saturated heterocycles. The summed E-state index contributed by atoms with van der Waals surface area (Å²) in [6.07, 6.45) is -3.28. The first-order chi connectivity index (χ1) is 13.2. The molecule has 1 aliphatic heterocycles. The summed E-state index contributed by atoms with van der Waals surface area (Å²) < 4.78 is 43.9. The first kappa shape index (κ1) is 20.0. The Morgan fingerprint density at radius 1 is 1.25 bits per heavy atom. The van der Waals surface area contributed by atoms with Gasteiger partial charge < -0.3 is 14.2 Å². The van der Waals surface area contributed by atoms with E-state index < -0.39 is 24.5 Å². The summed E-state index contributed by atoms with van der Waals surface area (Å²) in [4.78, 5) is 27.3. The van der Waals surface area contributed by atoms with Crippen molar-refractivity contribution in [3.8, 4) is 0 Å². The van der Waals surface area contributed by atoms with Gasteiger partial charge in [-0.25, -0.2) is 0 Å². The van der Waals surface area contributed by atoms with E-state index in [1.165, 1.54) is 17.2 Å². The predicted molar refractivity (Wildman–Crippen MR) is 94.9 cm³/mol. The van der Waals surface area contributed by atoms with Crippen LogP contribution in [0.3, 0.4) is 0 Å². The molecule has 0 spiro atoms. The van der Waals surface area contributed by atoms with Gasteiger partial charge in [-0.2, -0.15) is 13.2 Å². The summed E-state index contributed by atoms with van der Waals surface area (Å²) in [6.45, 7) is 0.731. The lowest BCUT2D eigenvalue weighted by Crippen LogP contribution is -2.42. The van der Waals surface area contributed by atoms with Gasteiger partial charge >= 0.3 is 6.18 Å². The Hall–Kier alpha value is -2.77. The van der Waals surface area contributed by atoms with Crippen molar-refractivity contribution in [2.45, 2.75) is 32.6 Å². The second-order valence-corrected chi connectivity index (χ2v) is 7.05. The maximum Gasteiger partial charge on any atom is 0.406 e. The van der Waals surface area contributed by atoms with Gasteiger partial charge in [0.05, 0.1) is 18.7 Å². The summed E-state index contributed by atoms with van der Waals surface area (Å²) in [5.74, 6) is -1.45. The maximum atomic E-state index is 13.0. The number of nitrogens with zero attached hydrogens (tertiary/aromatic N) is 2. The van der Waals surface area contributed by atoms with Crippen molar-refractivity contribution >= 4 is 11.8 Å². The molecule has 1 atom stereocenters. The maximum absolute atomic E-state index is 13.0. The Bertz CT molecular complexity index is 816. The van der Waals surface area contributed by atoms with E-state index in [1.54, 1.807) is 6.07 Å². The minimum absolute atomic E-state index is 0.0861. The van der Waals surface area contributed by atoms with Gasteiger partial charge in [-0.1, -0.05) is 29.8 Å². The Kier molecular flexibility index (Phi) is 5.76. The highest BCUT2D eigenvalue weighted by Gasteiger charge is 2.40. The zero-order valence-corrected chi connectivity index (χ0v) is 15.4. The fraction of sp³-hybridized carbons (Fsp3) is 0.400. The zero-order valence-electron chi connectivity index (χ0n) is 15.4. The molecule has 5 nitrogen and oxygen atoms in total. The summed E-state index contributed by atoms with van der Waals surface area (Å²) in [5, 5.41) is 0. The van der Waals surface area contributed by atoms with Crippen LogP contribution in [0.1, 0.15) is 23.3 Å². The van der Waals surface area contributed by atoms with Crippen molar-refractivity contribution in [1.82, 2.24) is 9.80 Å². The lowest BCUT2D eigenvalue weighted by Gasteiger charge is -2.26. The molecular weight excluding hydrogens is 373 g/mol. The quantitative estimate of drug-likeness (QED) is 0.753. The van der Waals surface area contributed by atoms with Crippen LogP contribution in [0.5, 0.6) is 0 Å². The minimum Gasteiger partial charge on any atom is -0.467 e. The number of amides is 2. The smallest absolute Gasteiger partial charge is 0.406 e. The molecule has 0 bridgehead atoms. The van der Waals surface area contributed by atoms with E-state index in [9.17, 15) is 22.8 Å². The van der Waals surface area contributed by atoms with Crippen LogP contribution in [0, 0.1) is 12.8 Å². The molecule has 8 heteroatoms. The minimum atomic E-state index is -4.54. The highest BCUT2D eigenvalue weighted by atomic mass is 19.4. The number of carbonyl (C=O) groups is 2. The monoisotopic (exact) mass is 394 g/mol. The molecule has 0 saturated carbocycles. The van der Waals surface area contributed by atoms with Crippen LogP contribution in [0.15, 0.2) is 47.1 Å². The van der Waals surface area contributed by atoms with Gasteiger partial charge in [0.1, 0.15) is 12.3 Å². The Morgan fingerprint density at radius 3 is 2.57 bits per heavy atom. The van der Waals surface area contributed by atoms with Crippen LogP contribution in [0.4, 0.5) is 13.2 Å². The summed E-state index contributed by atoms with van der Waals surface area (Å²) >= 11 is 0. The molecule has 150 valence electrons. The van der Waals surface area contributed by atoms with Crippen LogP contribution in [-0.2, 0) is 22.7 Å². The fourth-order valence-corrected chi connectivity index (χ4v) is 3.28. The molecule has 1 unspecified atom stereocenters. The van der Waals surface area contributed by atoms with E-state index in [-0.39, 0.29) is 31.2 Å². The van der Waals surface area contributed by atoms with Crippen molar-refractivity contribution in [3.63, 3.8) is 0 Å². The molecular formula is C20H21F3N2O3. The SMILES string of the molecule is Cc1ccc(CN2CC(C(=O)N(Cc3ccco3)CC(F)(F)F)CC2=O)cc1. The van der Waals surface area contributed by atoms with Crippen LogP contribution in [-0.4, -0.2) is 40.9 Å². The topological polar surface area (TPSA) is 53.8 Å². The van der Waals surface area contributed by atoms with Crippen LogP contribution in [0.25, 0.3) is 0 Å². The number of benzene rings is 1. The van der Waals surface area contributed by atoms with Gasteiger partial charge in [-0.15, -0.1) is 0 Å². The zero-order chi connectivity index (χ0) is 20.3. The lowest BCUT2D eigenvalue weighted by atomic mass is 10.1. The van der Waals surface area contributed by atoms with Gasteiger partial charge in [0.15, 0.2) is 0 Å². The van der Waals surface area contributed by atoms with Crippen molar-refractivity contribution < 1.29 is 27.2 Å². The highest BCUT2D eigenvalue weighted by molar-refractivity contribution is 5.89. The standard InChI is InChI=1S/C20H21F3N2O3/c1-14-4-6-15(7-5-14)10-24-11-16(9-18(24)26)19(27)25(13-20(21,22)23)12-17-3-2-8-28-17/h2-8,16H,9-13H2,1H3. The number of hydrogen-bond donors (Lipinski definition) is 0. The number of carbonyl (C=O) groups excluding carboxylic acids is 2. The van der Waals surface area contributed by atoms with Crippen LogP contribution >= 0.6 is 0 Å². The molecule has 0 radical (unpaired) electrons. The molecule has 2 heterocycles. The molecule has 3 rings (SSSR count). The number of halogens is 3. The van der Waals surface area contributed by atoms with Crippen molar-refractivity contribution in [1.29, 1.82) is 0 Å². The number of aryl methyl sites for hydroxylation is 1. The molecule has 1 fully saturated rings. The first-order valence-electron chi connectivity index (χ1n) is 8.92. The fourth-order valence-electron chi connectivity index (χ4n) is 3.28. The third kappa shape index (κ3) is 5.15. The van der Waals surface area contributed by atoms with E-state index >= 15 is 0 Å². The van der Waals surface area contributed by atoms with Gasteiger partial charge in [0, 0.05) is 19.5 Å². The molecule has 2 amide bonds. The summed E-state index contributed by atoms with van der Waals surface area (Å²) in [6, 6.07) is 10.7. The second-order valence-electron chi connectivity index (χ2n) is 7.05. The van der Waals surface area contributed by atoms with Crippen molar-refractivity contribution in [3.05, 3.63) is 59.5 Å². The molecule has 0 N–H and O–H groups in total. The van der Waals surface area contributed by atoms with Gasteiger partial charge in [0.2, 0.25) is 11.8 Å². The third-order valence-electron chi connectivity index (χ3n) is 4.67. The predicted octanol–water partition coefficient (Wildman–Crippen LogP) is 3.53. The highest BCUT2D eigenvalue weighted by Crippen LogP contribution is 2.26. The molecule has 1 aromatic heterocycles. The van der Waals surface area contributed by atoms with Crippen molar-refractivity contribution in [2.24, 2.45) is 5.92 Å². The van der Waals surface area contributed by atoms with Gasteiger partial charge in [-0.05, 0) is 24.6 Å². The Labute approximate surface area is 160 Å². The molecule has 2 aromatic rings. The third-order valence-corrected chi connectivity index (χ3v) is 4.67. The number of likely N-dealkylation sites (tertiary alicyclic amines) is 1. The summed E-state index contributed by atoms with van der Waals surface area (Å²) in [5.41, 5.74) is 2.00. The number of furan rings is 1. The summed E-state index contributed by atoms with van der Waals surface area (Å²) in [7, 11) is 0. The first-order valence-corrected chi connectivity index (χ1v) is 8.92. The van der Waals surface area contributed by atoms with E-state index in [2.05, 4.69) is 0 Å². The molecule has 28 heavy (non-hydrogen) atoms. The van der Waals surface area contributed by atoms with E-state index in [0.29, 0.717) is 11.4 Å². The average Bonchev–Trinajstić information content (AvgIpc) is 3.25. The number of hydrogen-bond acceptors (Lipinski definition) is 3. The molecule has 1 aromatic carbocycles. The van der Waals surface area contributed by atoms with E-state index in [0.717, 1.165) is 11.1 Å². The van der Waals surface area contributed by atoms with E-state index in [1.807, 2.05) is 31.2 Å². The van der Waals surface area contributed by atoms with Gasteiger partial charge in [-0.3, -0.25) is 9.59 Å². The second kappa shape index (κ2) is 8.08. The molecule has 1 aliphatic rings. The van der Waals surface area contributed by atoms with E-state index in [4.69, 9.17) is 4.42 Å². The normalized spacial score (nSPS) is 17.2. The van der Waals surface area contributed by atoms with Gasteiger partial charge in [0.25, 0.3) is 0 Å². The molecule has 0 aliphatic carbocycles. The largest absolute Gasteiger partial charge is 0.467 e. The number of rotatable bonds is 6. The van der Waals surface area contributed by atoms with Crippen LogP contribution < -0.4 is 0 Å². The number of alkyl halides is 3. The lowest BCUT2D eigenvalue weighted by molar-refractivity contribution is -0.165. The Balaban J connectivity index is 1.68. The Morgan fingerprint density at radius 2 is 1.96 bits per heavy atom. The van der Waals surface area contributed by atoms with Crippen molar-refractivity contribution in [2.75, 3.05) is 13.1 Å². The van der Waals surface area contributed by atoms with Crippen LogP contribution in [0.2, 0.25) is 0 Å². The average molecular weight is 394 g/mol.